The Morgan fingerprint density at radius 2 is 1.45 bits per heavy atom. The molecule has 0 radical (unpaired) electrons. The lowest BCUT2D eigenvalue weighted by Gasteiger charge is -2.06. The molecule has 0 saturated heterocycles. The molecule has 0 aliphatic heterocycles. The monoisotopic (exact) mass is 262 g/mol. The van der Waals surface area contributed by atoms with Crippen LogP contribution in [0.15, 0.2) is 41.2 Å². The van der Waals surface area contributed by atoms with Crippen molar-refractivity contribution in [1.82, 2.24) is 0 Å². The Labute approximate surface area is 118 Å². The second kappa shape index (κ2) is 4.45. The number of aryl methyl sites for hydroxylation is 4. The fourth-order valence-electron chi connectivity index (χ4n) is 2.96. The molecule has 3 rings (SSSR count). The van der Waals surface area contributed by atoms with Crippen LogP contribution in [0.3, 0.4) is 0 Å². The van der Waals surface area contributed by atoms with Crippen LogP contribution in [0.4, 0.5) is 0 Å². The first-order valence-corrected chi connectivity index (χ1v) is 6.93. The maximum Gasteiger partial charge on any atom is 0.194 e. The Morgan fingerprint density at radius 3 is 2.20 bits per heavy atom. The molecule has 0 N–H and O–H groups in total. The zero-order valence-corrected chi connectivity index (χ0v) is 12.4. The highest BCUT2D eigenvalue weighted by Crippen LogP contribution is 2.24. The quantitative estimate of drug-likeness (QED) is 0.579. The van der Waals surface area contributed by atoms with Crippen molar-refractivity contribution in [3.05, 3.63) is 68.9 Å². The molecule has 0 unspecified atom stereocenters. The van der Waals surface area contributed by atoms with E-state index in [1.807, 2.05) is 19.1 Å². The van der Waals surface area contributed by atoms with Crippen molar-refractivity contribution in [3.63, 3.8) is 0 Å². The van der Waals surface area contributed by atoms with E-state index in [9.17, 15) is 4.79 Å². The lowest BCUT2D eigenvalue weighted by Crippen LogP contribution is -2.02. The molecule has 3 aromatic rings. The third-order valence-corrected chi connectivity index (χ3v) is 4.20. The van der Waals surface area contributed by atoms with Crippen molar-refractivity contribution in [2.24, 2.45) is 0 Å². The van der Waals surface area contributed by atoms with E-state index < -0.39 is 0 Å². The Bertz CT molecular complexity index is 905. The number of hydrogen-bond acceptors (Lipinski definition) is 1. The Hall–Kier alpha value is -2.15. The standard InChI is InChI=1S/C19H18O/c1-11-5-7-17-15(9-11)6-8-16-14(4)12(2)10-13(3)18(16)19(17)20/h5-10H,1-4H3. The molecular formula is C19H18O. The first-order chi connectivity index (χ1) is 9.49. The van der Waals surface area contributed by atoms with Crippen molar-refractivity contribution in [2.45, 2.75) is 27.7 Å². The highest BCUT2D eigenvalue weighted by molar-refractivity contribution is 5.96. The molecule has 0 aliphatic carbocycles. The van der Waals surface area contributed by atoms with Gasteiger partial charge in [0.1, 0.15) is 0 Å². The van der Waals surface area contributed by atoms with Gasteiger partial charge in [-0.05, 0) is 55.2 Å². The van der Waals surface area contributed by atoms with E-state index in [1.54, 1.807) is 0 Å². The van der Waals surface area contributed by atoms with Gasteiger partial charge in [0.25, 0.3) is 0 Å². The van der Waals surface area contributed by atoms with Crippen LogP contribution in [0.1, 0.15) is 22.3 Å². The molecule has 0 heterocycles. The van der Waals surface area contributed by atoms with E-state index in [0.29, 0.717) is 0 Å². The van der Waals surface area contributed by atoms with E-state index in [0.717, 1.165) is 27.1 Å². The van der Waals surface area contributed by atoms with Crippen molar-refractivity contribution in [1.29, 1.82) is 0 Å². The first-order valence-electron chi connectivity index (χ1n) is 6.93. The van der Waals surface area contributed by atoms with Gasteiger partial charge in [-0.1, -0.05) is 42.0 Å². The lowest BCUT2D eigenvalue weighted by atomic mass is 9.98. The average molecular weight is 262 g/mol. The normalized spacial score (nSPS) is 11.2. The van der Waals surface area contributed by atoms with Crippen LogP contribution in [-0.4, -0.2) is 0 Å². The topological polar surface area (TPSA) is 17.1 Å². The predicted molar refractivity (Wildman–Crippen MR) is 86.7 cm³/mol. The maximum absolute atomic E-state index is 12.9. The largest absolute Gasteiger partial charge is 0.289 e. The summed E-state index contributed by atoms with van der Waals surface area (Å²) in [4.78, 5) is 12.9. The van der Waals surface area contributed by atoms with Crippen LogP contribution in [0.2, 0.25) is 0 Å². The van der Waals surface area contributed by atoms with Gasteiger partial charge >= 0.3 is 0 Å². The second-order valence-corrected chi connectivity index (χ2v) is 5.68. The summed E-state index contributed by atoms with van der Waals surface area (Å²) in [6.07, 6.45) is 0. The van der Waals surface area contributed by atoms with Crippen molar-refractivity contribution in [2.75, 3.05) is 0 Å². The Kier molecular flexibility index (Phi) is 2.86. The molecule has 1 heteroatoms. The SMILES string of the molecule is Cc1ccc2c(=O)c3c(C)cc(C)c(C)c3ccc2c1. The summed E-state index contributed by atoms with van der Waals surface area (Å²) in [5.41, 5.74) is 4.81. The van der Waals surface area contributed by atoms with Crippen molar-refractivity contribution >= 4 is 21.5 Å². The van der Waals surface area contributed by atoms with Gasteiger partial charge in [-0.2, -0.15) is 0 Å². The van der Waals surface area contributed by atoms with Crippen molar-refractivity contribution < 1.29 is 0 Å². The molecule has 20 heavy (non-hydrogen) atoms. The summed E-state index contributed by atoms with van der Waals surface area (Å²) in [5.74, 6) is 0. The molecule has 1 nitrogen and oxygen atoms in total. The van der Waals surface area contributed by atoms with E-state index in [1.165, 1.54) is 16.7 Å². The molecule has 0 aromatic heterocycles. The number of hydrogen-bond donors (Lipinski definition) is 0. The van der Waals surface area contributed by atoms with Gasteiger partial charge in [0.15, 0.2) is 5.43 Å². The van der Waals surface area contributed by atoms with E-state index in [4.69, 9.17) is 0 Å². The maximum atomic E-state index is 12.9. The zero-order chi connectivity index (χ0) is 14.4. The summed E-state index contributed by atoms with van der Waals surface area (Å²) in [5, 5.41) is 3.74. The van der Waals surface area contributed by atoms with Gasteiger partial charge in [-0.3, -0.25) is 4.79 Å². The summed E-state index contributed by atoms with van der Waals surface area (Å²) in [6.45, 7) is 8.27. The summed E-state index contributed by atoms with van der Waals surface area (Å²) < 4.78 is 0. The summed E-state index contributed by atoms with van der Waals surface area (Å²) in [7, 11) is 0. The molecule has 0 bridgehead atoms. The molecule has 0 fully saturated rings. The van der Waals surface area contributed by atoms with Gasteiger partial charge in [0.2, 0.25) is 0 Å². The van der Waals surface area contributed by atoms with Crippen LogP contribution in [0, 0.1) is 27.7 Å². The Balaban J connectivity index is 2.68. The molecule has 0 spiro atoms. The first kappa shape index (κ1) is 12.9. The van der Waals surface area contributed by atoms with Gasteiger partial charge in [0, 0.05) is 10.8 Å². The molecule has 0 amide bonds. The number of fused-ring (bicyclic) bond motifs is 2. The average Bonchev–Trinajstić information content (AvgIpc) is 2.54. The molecule has 0 saturated carbocycles. The predicted octanol–water partition coefficient (Wildman–Crippen LogP) is 4.59. The van der Waals surface area contributed by atoms with Crippen LogP contribution < -0.4 is 5.43 Å². The van der Waals surface area contributed by atoms with Crippen molar-refractivity contribution in [3.8, 4) is 0 Å². The number of rotatable bonds is 0. The van der Waals surface area contributed by atoms with Crippen LogP contribution in [-0.2, 0) is 0 Å². The fourth-order valence-corrected chi connectivity index (χ4v) is 2.96. The van der Waals surface area contributed by atoms with Gasteiger partial charge in [-0.15, -0.1) is 0 Å². The minimum Gasteiger partial charge on any atom is -0.289 e. The van der Waals surface area contributed by atoms with Gasteiger partial charge in [-0.25, -0.2) is 0 Å². The third-order valence-electron chi connectivity index (χ3n) is 4.20. The van der Waals surface area contributed by atoms with E-state index in [-0.39, 0.29) is 5.43 Å². The van der Waals surface area contributed by atoms with E-state index in [2.05, 4.69) is 45.0 Å². The van der Waals surface area contributed by atoms with Gasteiger partial charge in [0.05, 0.1) is 0 Å². The third kappa shape index (κ3) is 1.82. The molecular weight excluding hydrogens is 244 g/mol. The lowest BCUT2D eigenvalue weighted by molar-refractivity contribution is 1.34. The van der Waals surface area contributed by atoms with Crippen LogP contribution in [0.25, 0.3) is 21.5 Å². The molecule has 0 atom stereocenters. The minimum absolute atomic E-state index is 0.139. The summed E-state index contributed by atoms with van der Waals surface area (Å²) in [6, 6.07) is 12.3. The van der Waals surface area contributed by atoms with Crippen LogP contribution >= 0.6 is 0 Å². The van der Waals surface area contributed by atoms with Crippen LogP contribution in [0.5, 0.6) is 0 Å². The van der Waals surface area contributed by atoms with Gasteiger partial charge < -0.3 is 0 Å². The zero-order valence-electron chi connectivity index (χ0n) is 12.4. The van der Waals surface area contributed by atoms with E-state index >= 15 is 0 Å². The highest BCUT2D eigenvalue weighted by Gasteiger charge is 2.08. The fraction of sp³-hybridized carbons (Fsp3) is 0.211. The Morgan fingerprint density at radius 1 is 0.750 bits per heavy atom. The highest BCUT2D eigenvalue weighted by atomic mass is 16.1. The second-order valence-electron chi connectivity index (χ2n) is 5.68. The summed E-state index contributed by atoms with van der Waals surface area (Å²) >= 11 is 0. The number of benzene rings is 2. The molecule has 0 aliphatic rings. The smallest absolute Gasteiger partial charge is 0.194 e. The molecule has 100 valence electrons. The molecule has 3 aromatic carbocycles. The minimum atomic E-state index is 0.139.